The van der Waals surface area contributed by atoms with Crippen LogP contribution in [0.1, 0.15) is 28.5 Å². The van der Waals surface area contributed by atoms with Crippen molar-refractivity contribution in [1.82, 2.24) is 10.3 Å². The number of nitrogens with one attached hydrogen (secondary N) is 1. The molecular weight excluding hydrogens is 284 g/mol. The zero-order valence-electron chi connectivity index (χ0n) is 12.6. The van der Waals surface area contributed by atoms with Crippen LogP contribution in [-0.4, -0.2) is 24.2 Å². The minimum absolute atomic E-state index is 0.0300. The van der Waals surface area contributed by atoms with Crippen molar-refractivity contribution in [2.75, 3.05) is 13.2 Å². The molecule has 5 heteroatoms. The topological polar surface area (TPSA) is 43.4 Å². The van der Waals surface area contributed by atoms with Crippen molar-refractivity contribution in [3.8, 4) is 11.5 Å². The average molecular weight is 304 g/mol. The van der Waals surface area contributed by atoms with Crippen LogP contribution >= 0.6 is 11.3 Å². The van der Waals surface area contributed by atoms with Crippen molar-refractivity contribution < 1.29 is 9.47 Å². The first-order valence-corrected chi connectivity index (χ1v) is 8.01. The van der Waals surface area contributed by atoms with E-state index >= 15 is 0 Å². The molecule has 0 spiro atoms. The Balaban J connectivity index is 1.58. The molecule has 2 unspecified atom stereocenters. The van der Waals surface area contributed by atoms with Gasteiger partial charge in [-0.15, -0.1) is 11.3 Å². The number of hydrogen-bond donors (Lipinski definition) is 1. The number of para-hydroxylation sites is 2. The first-order chi connectivity index (χ1) is 10.1. The van der Waals surface area contributed by atoms with E-state index in [0.717, 1.165) is 28.7 Å². The van der Waals surface area contributed by atoms with Gasteiger partial charge >= 0.3 is 0 Å². The third-order valence-corrected chi connectivity index (χ3v) is 4.47. The van der Waals surface area contributed by atoms with Gasteiger partial charge in [0.2, 0.25) is 0 Å². The number of hydrogen-bond acceptors (Lipinski definition) is 5. The molecule has 2 heterocycles. The predicted molar refractivity (Wildman–Crippen MR) is 84.4 cm³/mol. The number of nitrogens with zero attached hydrogens (tertiary/aromatic N) is 1. The molecule has 3 rings (SSSR count). The van der Waals surface area contributed by atoms with Gasteiger partial charge in [0.05, 0.1) is 10.7 Å². The fourth-order valence-corrected chi connectivity index (χ4v) is 3.43. The molecule has 0 bridgehead atoms. The molecule has 0 aliphatic carbocycles. The van der Waals surface area contributed by atoms with Crippen molar-refractivity contribution in [2.45, 2.75) is 32.9 Å². The van der Waals surface area contributed by atoms with Gasteiger partial charge in [-0.05, 0) is 32.9 Å². The molecule has 112 valence electrons. The highest BCUT2D eigenvalue weighted by molar-refractivity contribution is 7.11. The summed E-state index contributed by atoms with van der Waals surface area (Å²) in [6.45, 7) is 7.62. The molecule has 0 saturated heterocycles. The van der Waals surface area contributed by atoms with E-state index < -0.39 is 0 Å². The van der Waals surface area contributed by atoms with Gasteiger partial charge in [-0.25, -0.2) is 4.98 Å². The van der Waals surface area contributed by atoms with Crippen molar-refractivity contribution in [2.24, 2.45) is 0 Å². The average Bonchev–Trinajstić information content (AvgIpc) is 2.83. The van der Waals surface area contributed by atoms with Crippen LogP contribution in [0.25, 0.3) is 0 Å². The quantitative estimate of drug-likeness (QED) is 0.941. The third kappa shape index (κ3) is 3.19. The molecule has 1 aromatic carbocycles. The fourth-order valence-electron chi connectivity index (χ4n) is 2.52. The van der Waals surface area contributed by atoms with Gasteiger partial charge in [0, 0.05) is 17.5 Å². The summed E-state index contributed by atoms with van der Waals surface area (Å²) in [5, 5.41) is 4.61. The SMILES string of the molecule is Cc1nc(C(C)NCC2COc3ccccc3O2)c(C)s1. The summed E-state index contributed by atoms with van der Waals surface area (Å²) >= 11 is 1.74. The maximum atomic E-state index is 5.95. The summed E-state index contributed by atoms with van der Waals surface area (Å²) in [4.78, 5) is 5.87. The summed E-state index contributed by atoms with van der Waals surface area (Å²) in [7, 11) is 0. The minimum atomic E-state index is 0.0300. The van der Waals surface area contributed by atoms with E-state index in [4.69, 9.17) is 9.47 Å². The molecule has 1 aliphatic rings. The number of ether oxygens (including phenoxy) is 2. The van der Waals surface area contributed by atoms with Gasteiger partial charge in [-0.3, -0.25) is 0 Å². The molecule has 1 aliphatic heterocycles. The van der Waals surface area contributed by atoms with Gasteiger partial charge in [0.1, 0.15) is 12.7 Å². The molecule has 21 heavy (non-hydrogen) atoms. The Kier molecular flexibility index (Phi) is 4.12. The zero-order valence-corrected chi connectivity index (χ0v) is 13.4. The van der Waals surface area contributed by atoms with Gasteiger partial charge in [0.25, 0.3) is 0 Å². The number of benzene rings is 1. The van der Waals surface area contributed by atoms with Crippen molar-refractivity contribution in [3.63, 3.8) is 0 Å². The molecule has 1 aromatic heterocycles. The van der Waals surface area contributed by atoms with Crippen molar-refractivity contribution in [1.29, 1.82) is 0 Å². The number of rotatable bonds is 4. The van der Waals surface area contributed by atoms with Crippen molar-refractivity contribution >= 4 is 11.3 Å². The van der Waals surface area contributed by atoms with Gasteiger partial charge in [-0.2, -0.15) is 0 Å². The molecule has 0 amide bonds. The second kappa shape index (κ2) is 6.03. The lowest BCUT2D eigenvalue weighted by atomic mass is 10.2. The van der Waals surface area contributed by atoms with Crippen molar-refractivity contribution in [3.05, 3.63) is 39.8 Å². The number of fused-ring (bicyclic) bond motifs is 1. The highest BCUT2D eigenvalue weighted by Gasteiger charge is 2.22. The van der Waals surface area contributed by atoms with Crippen LogP contribution in [-0.2, 0) is 0 Å². The van der Waals surface area contributed by atoms with Gasteiger partial charge in [-0.1, -0.05) is 12.1 Å². The third-order valence-electron chi connectivity index (χ3n) is 3.57. The molecule has 0 saturated carbocycles. The summed E-state index contributed by atoms with van der Waals surface area (Å²) in [6.07, 6.45) is 0.0300. The van der Waals surface area contributed by atoms with Crippen LogP contribution in [0.15, 0.2) is 24.3 Å². The molecule has 2 aromatic rings. The first kappa shape index (κ1) is 14.4. The Morgan fingerprint density at radius 2 is 2.10 bits per heavy atom. The standard InChI is InChI=1S/C16H20N2O2S/c1-10(16-11(2)21-12(3)18-16)17-8-13-9-19-14-6-4-5-7-15(14)20-13/h4-7,10,13,17H,8-9H2,1-3H3. The van der Waals surface area contributed by atoms with Crippen LogP contribution < -0.4 is 14.8 Å². The number of aromatic nitrogens is 1. The largest absolute Gasteiger partial charge is 0.486 e. The van der Waals surface area contributed by atoms with Gasteiger partial charge < -0.3 is 14.8 Å². The molecule has 4 nitrogen and oxygen atoms in total. The fraction of sp³-hybridized carbons (Fsp3) is 0.438. The van der Waals surface area contributed by atoms with E-state index in [2.05, 4.69) is 24.1 Å². The Hall–Kier alpha value is -1.59. The van der Waals surface area contributed by atoms with Crippen LogP contribution in [0.2, 0.25) is 0 Å². The Morgan fingerprint density at radius 1 is 1.33 bits per heavy atom. The lowest BCUT2D eigenvalue weighted by Crippen LogP contribution is -2.39. The molecule has 0 radical (unpaired) electrons. The van der Waals surface area contributed by atoms with E-state index in [1.54, 1.807) is 11.3 Å². The Bertz CT molecular complexity index is 626. The highest BCUT2D eigenvalue weighted by atomic mass is 32.1. The van der Waals surface area contributed by atoms with E-state index in [-0.39, 0.29) is 12.1 Å². The zero-order chi connectivity index (χ0) is 14.8. The predicted octanol–water partition coefficient (Wildman–Crippen LogP) is 3.25. The monoisotopic (exact) mass is 304 g/mol. The first-order valence-electron chi connectivity index (χ1n) is 7.19. The molecular formula is C16H20N2O2S. The van der Waals surface area contributed by atoms with Crippen LogP contribution in [0.4, 0.5) is 0 Å². The van der Waals surface area contributed by atoms with Crippen LogP contribution in [0, 0.1) is 13.8 Å². The van der Waals surface area contributed by atoms with E-state index in [0.29, 0.717) is 6.61 Å². The number of thiazole rings is 1. The smallest absolute Gasteiger partial charge is 0.161 e. The van der Waals surface area contributed by atoms with E-state index in [1.165, 1.54) is 4.88 Å². The number of aryl methyl sites for hydroxylation is 2. The molecule has 2 atom stereocenters. The lowest BCUT2D eigenvalue weighted by molar-refractivity contribution is 0.0885. The summed E-state index contributed by atoms with van der Waals surface area (Å²) in [6, 6.07) is 8.01. The summed E-state index contributed by atoms with van der Waals surface area (Å²) < 4.78 is 11.7. The molecule has 0 fully saturated rings. The second-order valence-electron chi connectivity index (χ2n) is 5.30. The Morgan fingerprint density at radius 3 is 2.81 bits per heavy atom. The van der Waals surface area contributed by atoms with Crippen LogP contribution in [0.3, 0.4) is 0 Å². The van der Waals surface area contributed by atoms with E-state index in [9.17, 15) is 0 Å². The maximum Gasteiger partial charge on any atom is 0.161 e. The lowest BCUT2D eigenvalue weighted by Gasteiger charge is -2.27. The second-order valence-corrected chi connectivity index (χ2v) is 6.71. The highest BCUT2D eigenvalue weighted by Crippen LogP contribution is 2.31. The van der Waals surface area contributed by atoms with Crippen LogP contribution in [0.5, 0.6) is 11.5 Å². The normalized spacial score (nSPS) is 18.5. The maximum absolute atomic E-state index is 5.95. The summed E-state index contributed by atoms with van der Waals surface area (Å²) in [5.41, 5.74) is 1.13. The Labute approximate surface area is 129 Å². The van der Waals surface area contributed by atoms with E-state index in [1.807, 2.05) is 31.2 Å². The molecule has 1 N–H and O–H groups in total. The minimum Gasteiger partial charge on any atom is -0.486 e. The summed E-state index contributed by atoms with van der Waals surface area (Å²) in [5.74, 6) is 1.65. The van der Waals surface area contributed by atoms with Gasteiger partial charge in [0.15, 0.2) is 11.5 Å².